The summed E-state index contributed by atoms with van der Waals surface area (Å²) < 4.78 is 18.9. The van der Waals surface area contributed by atoms with Gasteiger partial charge in [0.15, 0.2) is 0 Å². The Bertz CT molecular complexity index is 582. The Morgan fingerprint density at radius 2 is 2.00 bits per heavy atom. The van der Waals surface area contributed by atoms with Crippen molar-refractivity contribution < 1.29 is 9.13 Å². The van der Waals surface area contributed by atoms with Crippen LogP contribution in [0.25, 0.3) is 11.1 Å². The Balaban J connectivity index is 2.49. The number of rotatable bonds is 2. The van der Waals surface area contributed by atoms with E-state index in [0.29, 0.717) is 16.9 Å². The number of benzene rings is 2. The first-order valence-electron chi connectivity index (χ1n) is 5.15. The van der Waals surface area contributed by atoms with Crippen LogP contribution in [-0.4, -0.2) is 7.11 Å². The second-order valence-corrected chi connectivity index (χ2v) is 3.57. The topological polar surface area (TPSA) is 9.23 Å². The third-order valence-corrected chi connectivity index (χ3v) is 2.52. The molecule has 0 saturated heterocycles. The van der Waals surface area contributed by atoms with Gasteiger partial charge in [-0.25, -0.2) is 4.39 Å². The first kappa shape index (κ1) is 11.2. The van der Waals surface area contributed by atoms with E-state index in [1.165, 1.54) is 6.07 Å². The molecule has 2 aromatic rings. The van der Waals surface area contributed by atoms with Crippen molar-refractivity contribution in [2.24, 2.45) is 0 Å². The van der Waals surface area contributed by atoms with Crippen molar-refractivity contribution in [3.8, 4) is 29.2 Å². The molecule has 0 aliphatic heterocycles. The molecule has 0 saturated carbocycles. The van der Waals surface area contributed by atoms with Crippen molar-refractivity contribution in [2.45, 2.75) is 0 Å². The van der Waals surface area contributed by atoms with Crippen molar-refractivity contribution in [3.63, 3.8) is 0 Å². The third-order valence-electron chi connectivity index (χ3n) is 2.52. The molecule has 0 fully saturated rings. The molecule has 0 atom stereocenters. The summed E-state index contributed by atoms with van der Waals surface area (Å²) in [5, 5.41) is 0. The lowest BCUT2D eigenvalue weighted by Gasteiger charge is -2.06. The summed E-state index contributed by atoms with van der Waals surface area (Å²) in [5.74, 6) is 2.78. The zero-order valence-electron chi connectivity index (χ0n) is 9.41. The summed E-state index contributed by atoms with van der Waals surface area (Å²) in [5.41, 5.74) is 1.82. The fourth-order valence-electron chi connectivity index (χ4n) is 1.63. The van der Waals surface area contributed by atoms with Gasteiger partial charge in [0, 0.05) is 11.1 Å². The number of hydrogen-bond acceptors (Lipinski definition) is 1. The van der Waals surface area contributed by atoms with Gasteiger partial charge in [0.2, 0.25) is 0 Å². The van der Waals surface area contributed by atoms with Gasteiger partial charge in [0.05, 0.1) is 7.11 Å². The monoisotopic (exact) mass is 226 g/mol. The van der Waals surface area contributed by atoms with Crippen molar-refractivity contribution in [3.05, 3.63) is 53.8 Å². The second kappa shape index (κ2) is 4.71. The van der Waals surface area contributed by atoms with E-state index in [-0.39, 0.29) is 5.82 Å². The Morgan fingerprint density at radius 1 is 1.18 bits per heavy atom. The quantitative estimate of drug-likeness (QED) is 0.712. The molecule has 1 nitrogen and oxygen atoms in total. The molecule has 0 aliphatic rings. The minimum Gasteiger partial charge on any atom is -0.497 e. The Labute approximate surface area is 99.9 Å². The van der Waals surface area contributed by atoms with Crippen LogP contribution in [0.2, 0.25) is 0 Å². The Hall–Kier alpha value is -2.27. The summed E-state index contributed by atoms with van der Waals surface area (Å²) >= 11 is 0. The summed E-state index contributed by atoms with van der Waals surface area (Å²) in [4.78, 5) is 0. The molecule has 84 valence electrons. The fraction of sp³-hybridized carbons (Fsp3) is 0.0667. The SMILES string of the molecule is C#Cc1ccc(-c2cccc(OC)c2)c(F)c1. The summed E-state index contributed by atoms with van der Waals surface area (Å²) in [7, 11) is 1.58. The smallest absolute Gasteiger partial charge is 0.132 e. The van der Waals surface area contributed by atoms with Gasteiger partial charge in [0.25, 0.3) is 0 Å². The molecular formula is C15H11FO. The molecule has 0 amide bonds. The highest BCUT2D eigenvalue weighted by Crippen LogP contribution is 2.26. The van der Waals surface area contributed by atoms with Gasteiger partial charge in [-0.1, -0.05) is 24.1 Å². The van der Waals surface area contributed by atoms with Gasteiger partial charge in [0.1, 0.15) is 11.6 Å². The van der Waals surface area contributed by atoms with E-state index < -0.39 is 0 Å². The van der Waals surface area contributed by atoms with Gasteiger partial charge >= 0.3 is 0 Å². The largest absolute Gasteiger partial charge is 0.497 e. The van der Waals surface area contributed by atoms with Crippen molar-refractivity contribution in [1.82, 2.24) is 0 Å². The van der Waals surface area contributed by atoms with Gasteiger partial charge < -0.3 is 4.74 Å². The van der Waals surface area contributed by atoms with Crippen LogP contribution in [0.3, 0.4) is 0 Å². The summed E-state index contributed by atoms with van der Waals surface area (Å²) in [6, 6.07) is 12.0. The highest BCUT2D eigenvalue weighted by molar-refractivity contribution is 5.66. The maximum absolute atomic E-state index is 13.8. The van der Waals surface area contributed by atoms with Crippen LogP contribution >= 0.6 is 0 Å². The van der Waals surface area contributed by atoms with Crippen molar-refractivity contribution in [2.75, 3.05) is 7.11 Å². The minimum atomic E-state index is -0.325. The van der Waals surface area contributed by atoms with Crippen LogP contribution in [-0.2, 0) is 0 Å². The zero-order valence-corrected chi connectivity index (χ0v) is 9.41. The van der Waals surface area contributed by atoms with Gasteiger partial charge in [-0.15, -0.1) is 6.42 Å². The van der Waals surface area contributed by atoms with Crippen LogP contribution in [0.4, 0.5) is 4.39 Å². The van der Waals surface area contributed by atoms with E-state index in [0.717, 1.165) is 5.56 Å². The first-order chi connectivity index (χ1) is 8.24. The molecule has 2 aromatic carbocycles. The number of terminal acetylenes is 1. The lowest BCUT2D eigenvalue weighted by molar-refractivity contribution is 0.415. The molecule has 0 unspecified atom stereocenters. The maximum Gasteiger partial charge on any atom is 0.132 e. The van der Waals surface area contributed by atoms with Gasteiger partial charge in [-0.05, 0) is 29.8 Å². The molecule has 0 aromatic heterocycles. The Kier molecular flexibility index (Phi) is 3.11. The van der Waals surface area contributed by atoms with Crippen LogP contribution in [0.5, 0.6) is 5.75 Å². The second-order valence-electron chi connectivity index (χ2n) is 3.57. The average molecular weight is 226 g/mol. The molecular weight excluding hydrogens is 215 g/mol. The van der Waals surface area contributed by atoms with Crippen LogP contribution in [0.15, 0.2) is 42.5 Å². The summed E-state index contributed by atoms with van der Waals surface area (Å²) in [6.07, 6.45) is 5.22. The lowest BCUT2D eigenvalue weighted by atomic mass is 10.0. The predicted octanol–water partition coefficient (Wildman–Crippen LogP) is 3.48. The molecule has 0 heterocycles. The molecule has 0 radical (unpaired) electrons. The fourth-order valence-corrected chi connectivity index (χ4v) is 1.63. The van der Waals surface area contributed by atoms with E-state index in [1.54, 1.807) is 25.3 Å². The summed E-state index contributed by atoms with van der Waals surface area (Å²) in [6.45, 7) is 0. The lowest BCUT2D eigenvalue weighted by Crippen LogP contribution is -1.88. The Morgan fingerprint density at radius 3 is 2.65 bits per heavy atom. The molecule has 0 bridgehead atoms. The molecule has 0 N–H and O–H groups in total. The molecule has 2 heteroatoms. The molecule has 2 rings (SSSR count). The average Bonchev–Trinajstić information content (AvgIpc) is 2.38. The maximum atomic E-state index is 13.8. The molecule has 17 heavy (non-hydrogen) atoms. The van der Waals surface area contributed by atoms with E-state index >= 15 is 0 Å². The molecule has 0 aliphatic carbocycles. The van der Waals surface area contributed by atoms with E-state index in [4.69, 9.17) is 11.2 Å². The zero-order chi connectivity index (χ0) is 12.3. The van der Waals surface area contributed by atoms with Crippen LogP contribution in [0.1, 0.15) is 5.56 Å². The highest BCUT2D eigenvalue weighted by atomic mass is 19.1. The van der Waals surface area contributed by atoms with Gasteiger partial charge in [-0.3, -0.25) is 0 Å². The highest BCUT2D eigenvalue weighted by Gasteiger charge is 2.06. The third kappa shape index (κ3) is 2.29. The normalized spacial score (nSPS) is 9.71. The van der Waals surface area contributed by atoms with Gasteiger partial charge in [-0.2, -0.15) is 0 Å². The first-order valence-corrected chi connectivity index (χ1v) is 5.15. The van der Waals surface area contributed by atoms with Crippen LogP contribution < -0.4 is 4.74 Å². The number of hydrogen-bond donors (Lipinski definition) is 0. The van der Waals surface area contributed by atoms with E-state index in [1.807, 2.05) is 18.2 Å². The molecule has 0 spiro atoms. The minimum absolute atomic E-state index is 0.325. The number of halogens is 1. The van der Waals surface area contributed by atoms with Crippen LogP contribution in [0, 0.1) is 18.2 Å². The van der Waals surface area contributed by atoms with Crippen molar-refractivity contribution in [1.29, 1.82) is 0 Å². The number of methoxy groups -OCH3 is 1. The van der Waals surface area contributed by atoms with E-state index in [9.17, 15) is 4.39 Å². The van der Waals surface area contributed by atoms with Crippen molar-refractivity contribution >= 4 is 0 Å². The van der Waals surface area contributed by atoms with E-state index in [2.05, 4.69) is 5.92 Å². The number of ether oxygens (including phenoxy) is 1. The standard InChI is InChI=1S/C15H11FO/c1-3-11-7-8-14(15(16)9-11)12-5-4-6-13(10-12)17-2/h1,4-10H,2H3. The predicted molar refractivity (Wildman–Crippen MR) is 66.3 cm³/mol.